The lowest BCUT2D eigenvalue weighted by atomic mass is 10.1. The van der Waals surface area contributed by atoms with E-state index in [2.05, 4.69) is 0 Å². The van der Waals surface area contributed by atoms with Gasteiger partial charge in [-0.2, -0.15) is 0 Å². The van der Waals surface area contributed by atoms with Crippen molar-refractivity contribution < 1.29 is 9.47 Å². The Morgan fingerprint density at radius 3 is 2.58 bits per heavy atom. The zero-order valence-corrected chi connectivity index (χ0v) is 11.1. The van der Waals surface area contributed by atoms with Crippen LogP contribution in [0.3, 0.4) is 0 Å². The van der Waals surface area contributed by atoms with Crippen molar-refractivity contribution >= 4 is 0 Å². The molecule has 0 bridgehead atoms. The predicted molar refractivity (Wildman–Crippen MR) is 75.8 cm³/mol. The minimum absolute atomic E-state index is 0.00814. The van der Waals surface area contributed by atoms with Crippen molar-refractivity contribution in [2.24, 2.45) is 5.73 Å². The number of hydrogen-bond acceptors (Lipinski definition) is 3. The first-order chi connectivity index (χ1) is 9.25. The SMILES string of the molecule is C[C@H](N)c1cccc(OCOCc2ccccc2)c1. The molecule has 19 heavy (non-hydrogen) atoms. The Balaban J connectivity index is 1.78. The second kappa shape index (κ2) is 6.92. The van der Waals surface area contributed by atoms with Gasteiger partial charge in [-0.25, -0.2) is 0 Å². The molecule has 0 aliphatic heterocycles. The first-order valence-electron chi connectivity index (χ1n) is 6.36. The molecule has 1 atom stereocenters. The second-order valence-electron chi connectivity index (χ2n) is 4.46. The molecule has 0 saturated heterocycles. The first-order valence-corrected chi connectivity index (χ1v) is 6.36. The average molecular weight is 257 g/mol. The largest absolute Gasteiger partial charge is 0.468 e. The van der Waals surface area contributed by atoms with Gasteiger partial charge in [0.05, 0.1) is 6.61 Å². The van der Waals surface area contributed by atoms with E-state index in [4.69, 9.17) is 15.2 Å². The minimum Gasteiger partial charge on any atom is -0.468 e. The summed E-state index contributed by atoms with van der Waals surface area (Å²) in [4.78, 5) is 0. The summed E-state index contributed by atoms with van der Waals surface area (Å²) in [6, 6.07) is 17.8. The molecule has 0 spiro atoms. The number of ether oxygens (including phenoxy) is 2. The fraction of sp³-hybridized carbons (Fsp3) is 0.250. The first kappa shape index (κ1) is 13.6. The molecule has 0 aliphatic rings. The third kappa shape index (κ3) is 4.39. The smallest absolute Gasteiger partial charge is 0.189 e. The summed E-state index contributed by atoms with van der Waals surface area (Å²) < 4.78 is 11.0. The van der Waals surface area contributed by atoms with Gasteiger partial charge in [-0.05, 0) is 30.2 Å². The fourth-order valence-electron chi connectivity index (χ4n) is 1.73. The molecule has 0 fully saturated rings. The molecule has 0 radical (unpaired) electrons. The van der Waals surface area contributed by atoms with Crippen molar-refractivity contribution in [3.8, 4) is 5.75 Å². The quantitative estimate of drug-likeness (QED) is 0.638. The van der Waals surface area contributed by atoms with Gasteiger partial charge < -0.3 is 15.2 Å². The molecule has 3 heteroatoms. The molecule has 3 nitrogen and oxygen atoms in total. The number of benzene rings is 2. The molecule has 0 aliphatic carbocycles. The Morgan fingerprint density at radius 2 is 1.84 bits per heavy atom. The predicted octanol–water partition coefficient (Wildman–Crippen LogP) is 3.26. The Kier molecular flexibility index (Phi) is 4.95. The van der Waals surface area contributed by atoms with Gasteiger partial charge in [0, 0.05) is 6.04 Å². The third-order valence-corrected chi connectivity index (χ3v) is 2.80. The molecule has 2 aromatic rings. The maximum Gasteiger partial charge on any atom is 0.189 e. The van der Waals surface area contributed by atoms with Crippen LogP contribution >= 0.6 is 0 Å². The zero-order valence-electron chi connectivity index (χ0n) is 11.1. The fourth-order valence-corrected chi connectivity index (χ4v) is 1.73. The van der Waals surface area contributed by atoms with Crippen molar-refractivity contribution in [2.75, 3.05) is 6.79 Å². The Labute approximate surface area is 114 Å². The molecule has 0 heterocycles. The summed E-state index contributed by atoms with van der Waals surface area (Å²) in [6.07, 6.45) is 0. The maximum atomic E-state index is 5.83. The maximum absolute atomic E-state index is 5.83. The summed E-state index contributed by atoms with van der Waals surface area (Å²) in [5.41, 5.74) is 8.02. The van der Waals surface area contributed by atoms with Gasteiger partial charge in [0.15, 0.2) is 6.79 Å². The van der Waals surface area contributed by atoms with E-state index < -0.39 is 0 Å². The van der Waals surface area contributed by atoms with E-state index in [0.29, 0.717) is 6.61 Å². The van der Waals surface area contributed by atoms with Crippen LogP contribution in [0, 0.1) is 0 Å². The summed E-state index contributed by atoms with van der Waals surface area (Å²) in [5, 5.41) is 0. The summed E-state index contributed by atoms with van der Waals surface area (Å²) in [7, 11) is 0. The van der Waals surface area contributed by atoms with Crippen LogP contribution in [0.5, 0.6) is 5.75 Å². The van der Waals surface area contributed by atoms with E-state index in [-0.39, 0.29) is 12.8 Å². The molecule has 2 N–H and O–H groups in total. The monoisotopic (exact) mass is 257 g/mol. The zero-order chi connectivity index (χ0) is 13.5. The van der Waals surface area contributed by atoms with E-state index in [1.807, 2.05) is 61.5 Å². The van der Waals surface area contributed by atoms with E-state index in [1.54, 1.807) is 0 Å². The Hall–Kier alpha value is -1.84. The lowest BCUT2D eigenvalue weighted by Crippen LogP contribution is -2.06. The highest BCUT2D eigenvalue weighted by molar-refractivity contribution is 5.30. The van der Waals surface area contributed by atoms with Gasteiger partial charge >= 0.3 is 0 Å². The number of rotatable bonds is 6. The standard InChI is InChI=1S/C16H19NO2/c1-13(17)15-8-5-9-16(10-15)19-12-18-11-14-6-3-2-4-7-14/h2-10,13H,11-12,17H2,1H3/t13-/m0/s1. The van der Waals surface area contributed by atoms with Crippen molar-refractivity contribution in [2.45, 2.75) is 19.6 Å². The second-order valence-corrected chi connectivity index (χ2v) is 4.46. The highest BCUT2D eigenvalue weighted by Gasteiger charge is 2.01. The molecule has 100 valence electrons. The number of nitrogens with two attached hydrogens (primary N) is 1. The molecular formula is C16H19NO2. The van der Waals surface area contributed by atoms with Crippen LogP contribution < -0.4 is 10.5 Å². The van der Waals surface area contributed by atoms with Gasteiger partial charge in [-0.15, -0.1) is 0 Å². The molecule has 0 saturated carbocycles. The highest BCUT2D eigenvalue weighted by Crippen LogP contribution is 2.17. The van der Waals surface area contributed by atoms with Crippen molar-refractivity contribution in [3.05, 3.63) is 65.7 Å². The van der Waals surface area contributed by atoms with Gasteiger partial charge in [0.1, 0.15) is 5.75 Å². The lowest BCUT2D eigenvalue weighted by molar-refractivity contribution is 0.00500. The molecule has 2 aromatic carbocycles. The topological polar surface area (TPSA) is 44.5 Å². The van der Waals surface area contributed by atoms with Crippen molar-refractivity contribution in [1.82, 2.24) is 0 Å². The normalized spacial score (nSPS) is 12.1. The minimum atomic E-state index is 0.00814. The Bertz CT molecular complexity index is 497. The van der Waals surface area contributed by atoms with Gasteiger partial charge in [-0.1, -0.05) is 42.5 Å². The van der Waals surface area contributed by atoms with Crippen LogP contribution in [0.25, 0.3) is 0 Å². The van der Waals surface area contributed by atoms with Crippen LogP contribution in [0.4, 0.5) is 0 Å². The molecule has 0 aromatic heterocycles. The van der Waals surface area contributed by atoms with Gasteiger partial charge in [0.25, 0.3) is 0 Å². The highest BCUT2D eigenvalue weighted by atomic mass is 16.7. The summed E-state index contributed by atoms with van der Waals surface area (Å²) in [5.74, 6) is 0.780. The van der Waals surface area contributed by atoms with Crippen LogP contribution in [0.15, 0.2) is 54.6 Å². The average Bonchev–Trinajstić information content (AvgIpc) is 2.45. The number of hydrogen-bond donors (Lipinski definition) is 1. The van der Waals surface area contributed by atoms with Crippen molar-refractivity contribution in [1.29, 1.82) is 0 Å². The lowest BCUT2D eigenvalue weighted by Gasteiger charge is -2.10. The molecular weight excluding hydrogens is 238 g/mol. The van der Waals surface area contributed by atoms with E-state index in [9.17, 15) is 0 Å². The molecule has 0 amide bonds. The Morgan fingerprint density at radius 1 is 1.05 bits per heavy atom. The van der Waals surface area contributed by atoms with Crippen molar-refractivity contribution in [3.63, 3.8) is 0 Å². The molecule has 2 rings (SSSR count). The van der Waals surface area contributed by atoms with Gasteiger partial charge in [-0.3, -0.25) is 0 Å². The third-order valence-electron chi connectivity index (χ3n) is 2.80. The van der Waals surface area contributed by atoms with E-state index in [1.165, 1.54) is 0 Å². The molecule has 0 unspecified atom stereocenters. The van der Waals surface area contributed by atoms with Crippen LogP contribution in [-0.2, 0) is 11.3 Å². The van der Waals surface area contributed by atoms with E-state index >= 15 is 0 Å². The van der Waals surface area contributed by atoms with Crippen LogP contribution in [0.2, 0.25) is 0 Å². The van der Waals surface area contributed by atoms with Gasteiger partial charge in [0.2, 0.25) is 0 Å². The summed E-state index contributed by atoms with van der Waals surface area (Å²) in [6.45, 7) is 2.73. The van der Waals surface area contributed by atoms with Crippen LogP contribution in [-0.4, -0.2) is 6.79 Å². The van der Waals surface area contributed by atoms with Crippen LogP contribution in [0.1, 0.15) is 24.1 Å². The summed E-state index contributed by atoms with van der Waals surface area (Å²) >= 11 is 0. The van der Waals surface area contributed by atoms with E-state index in [0.717, 1.165) is 16.9 Å².